The molecule has 1 aromatic carbocycles. The van der Waals surface area contributed by atoms with Gasteiger partial charge in [-0.3, -0.25) is 9.59 Å². The van der Waals surface area contributed by atoms with Crippen molar-refractivity contribution in [3.63, 3.8) is 0 Å². The van der Waals surface area contributed by atoms with E-state index in [2.05, 4.69) is 15.9 Å². The highest BCUT2D eigenvalue weighted by Crippen LogP contribution is 2.15. The monoisotopic (exact) mass is 463 g/mol. The van der Waals surface area contributed by atoms with E-state index in [0.717, 1.165) is 10.2 Å². The smallest absolute Gasteiger partial charge is 0.254 e. The van der Waals surface area contributed by atoms with Crippen molar-refractivity contribution < 1.29 is 14.3 Å². The number of carbonyl (C=O) groups is 2. The number of hydrogen-bond donors (Lipinski definition) is 0. The molecule has 0 N–H and O–H groups in total. The molecular weight excluding hydrogens is 434 g/mol. The Labute approximate surface area is 181 Å². The van der Waals surface area contributed by atoms with Crippen molar-refractivity contribution in [3.05, 3.63) is 58.3 Å². The standard InChI is InChI=1S/C22H30BrN3O3/c1-17(2)14-26(22(28)18-7-5-8-19(23)13-18)16-21(27)25(11-12-29-4)15-20-9-6-10-24(20)3/h5-10,13,17H,11-12,14-16H2,1-4H3. The number of ether oxygens (including phenoxy) is 1. The van der Waals surface area contributed by atoms with Gasteiger partial charge in [0.15, 0.2) is 0 Å². The molecule has 0 aliphatic heterocycles. The first-order valence-electron chi connectivity index (χ1n) is 9.73. The van der Waals surface area contributed by atoms with Crippen molar-refractivity contribution in [2.24, 2.45) is 13.0 Å². The van der Waals surface area contributed by atoms with Gasteiger partial charge in [0.25, 0.3) is 5.91 Å². The van der Waals surface area contributed by atoms with Gasteiger partial charge in [-0.25, -0.2) is 0 Å². The van der Waals surface area contributed by atoms with E-state index in [0.29, 0.717) is 31.8 Å². The first-order valence-corrected chi connectivity index (χ1v) is 10.5. The van der Waals surface area contributed by atoms with Crippen LogP contribution >= 0.6 is 15.9 Å². The summed E-state index contributed by atoms with van der Waals surface area (Å²) >= 11 is 3.41. The summed E-state index contributed by atoms with van der Waals surface area (Å²) in [5.74, 6) is 0.0188. The zero-order chi connectivity index (χ0) is 21.4. The van der Waals surface area contributed by atoms with Crippen molar-refractivity contribution in [2.45, 2.75) is 20.4 Å². The molecule has 7 heteroatoms. The fraction of sp³-hybridized carbons (Fsp3) is 0.455. The van der Waals surface area contributed by atoms with Crippen LogP contribution in [0.2, 0.25) is 0 Å². The molecule has 6 nitrogen and oxygen atoms in total. The van der Waals surface area contributed by atoms with Gasteiger partial charge in [0.1, 0.15) is 6.54 Å². The second-order valence-corrected chi connectivity index (χ2v) is 8.42. The molecule has 0 radical (unpaired) electrons. The fourth-order valence-corrected chi connectivity index (χ4v) is 3.48. The second kappa shape index (κ2) is 11.2. The summed E-state index contributed by atoms with van der Waals surface area (Å²) in [6.45, 7) is 6.03. The summed E-state index contributed by atoms with van der Waals surface area (Å²) < 4.78 is 8.01. The van der Waals surface area contributed by atoms with Gasteiger partial charge < -0.3 is 19.1 Å². The molecular formula is C22H30BrN3O3. The molecule has 2 rings (SSSR count). The molecule has 0 fully saturated rings. The van der Waals surface area contributed by atoms with E-state index in [4.69, 9.17) is 4.74 Å². The highest BCUT2D eigenvalue weighted by Gasteiger charge is 2.23. The molecule has 0 bridgehead atoms. The van der Waals surface area contributed by atoms with Crippen molar-refractivity contribution >= 4 is 27.7 Å². The van der Waals surface area contributed by atoms with Gasteiger partial charge in [-0.2, -0.15) is 0 Å². The topological polar surface area (TPSA) is 54.8 Å². The number of amides is 2. The SMILES string of the molecule is COCCN(Cc1cccn1C)C(=O)CN(CC(C)C)C(=O)c1cccc(Br)c1. The first kappa shape index (κ1) is 23.2. The predicted octanol–water partition coefficient (Wildman–Crippen LogP) is 3.56. The number of aromatic nitrogens is 1. The van der Waals surface area contributed by atoms with Gasteiger partial charge in [0.2, 0.25) is 5.91 Å². The number of benzene rings is 1. The zero-order valence-corrected chi connectivity index (χ0v) is 19.2. The molecule has 0 saturated heterocycles. The van der Waals surface area contributed by atoms with Crippen LogP contribution in [0.1, 0.15) is 29.9 Å². The van der Waals surface area contributed by atoms with Crippen LogP contribution in [0.25, 0.3) is 0 Å². The molecule has 1 aromatic heterocycles. The van der Waals surface area contributed by atoms with Crippen LogP contribution in [-0.4, -0.2) is 59.5 Å². The van der Waals surface area contributed by atoms with Crippen molar-refractivity contribution in [3.8, 4) is 0 Å². The van der Waals surface area contributed by atoms with Crippen LogP contribution in [0.5, 0.6) is 0 Å². The minimum Gasteiger partial charge on any atom is -0.383 e. The van der Waals surface area contributed by atoms with Gasteiger partial charge in [-0.05, 0) is 36.2 Å². The van der Waals surface area contributed by atoms with Crippen LogP contribution in [-0.2, 0) is 23.1 Å². The van der Waals surface area contributed by atoms with E-state index >= 15 is 0 Å². The zero-order valence-electron chi connectivity index (χ0n) is 17.6. The highest BCUT2D eigenvalue weighted by molar-refractivity contribution is 9.10. The molecule has 0 saturated carbocycles. The Hall–Kier alpha value is -2.12. The Balaban J connectivity index is 2.18. The van der Waals surface area contributed by atoms with E-state index in [1.165, 1.54) is 0 Å². The summed E-state index contributed by atoms with van der Waals surface area (Å²) in [5.41, 5.74) is 1.60. The maximum atomic E-state index is 13.1. The molecule has 0 spiro atoms. The van der Waals surface area contributed by atoms with Crippen LogP contribution < -0.4 is 0 Å². The molecule has 0 atom stereocenters. The van der Waals surface area contributed by atoms with E-state index in [9.17, 15) is 9.59 Å². The van der Waals surface area contributed by atoms with Crippen LogP contribution in [0.3, 0.4) is 0 Å². The van der Waals surface area contributed by atoms with Crippen molar-refractivity contribution in [1.29, 1.82) is 0 Å². The number of methoxy groups -OCH3 is 1. The van der Waals surface area contributed by atoms with E-state index < -0.39 is 0 Å². The quantitative estimate of drug-likeness (QED) is 0.541. The highest BCUT2D eigenvalue weighted by atomic mass is 79.9. The van der Waals surface area contributed by atoms with Crippen molar-refractivity contribution in [2.75, 3.05) is 33.4 Å². The maximum absolute atomic E-state index is 13.1. The third-order valence-corrected chi connectivity index (χ3v) is 5.09. The van der Waals surface area contributed by atoms with Crippen LogP contribution in [0.4, 0.5) is 0 Å². The van der Waals surface area contributed by atoms with Crippen LogP contribution in [0, 0.1) is 5.92 Å². The summed E-state index contributed by atoms with van der Waals surface area (Å²) in [7, 11) is 3.57. The molecule has 29 heavy (non-hydrogen) atoms. The summed E-state index contributed by atoms with van der Waals surface area (Å²) in [4.78, 5) is 29.6. The predicted molar refractivity (Wildman–Crippen MR) is 118 cm³/mol. The number of nitrogens with zero attached hydrogens (tertiary/aromatic N) is 3. The first-order chi connectivity index (χ1) is 13.8. The Morgan fingerprint density at radius 3 is 2.52 bits per heavy atom. The lowest BCUT2D eigenvalue weighted by Gasteiger charge is -2.29. The molecule has 2 amide bonds. The van der Waals surface area contributed by atoms with Gasteiger partial charge in [-0.15, -0.1) is 0 Å². The largest absolute Gasteiger partial charge is 0.383 e. The molecule has 1 heterocycles. The Kier molecular flexibility index (Phi) is 8.92. The summed E-state index contributed by atoms with van der Waals surface area (Å²) in [6.07, 6.45) is 1.95. The Morgan fingerprint density at radius 1 is 1.17 bits per heavy atom. The van der Waals surface area contributed by atoms with E-state index in [1.54, 1.807) is 29.0 Å². The normalized spacial score (nSPS) is 11.0. The molecule has 158 valence electrons. The van der Waals surface area contributed by atoms with E-state index in [-0.39, 0.29) is 24.3 Å². The molecule has 0 aliphatic rings. The van der Waals surface area contributed by atoms with Gasteiger partial charge in [0, 0.05) is 49.2 Å². The number of halogens is 1. The fourth-order valence-electron chi connectivity index (χ4n) is 3.08. The number of aryl methyl sites for hydroxylation is 1. The second-order valence-electron chi connectivity index (χ2n) is 7.51. The summed E-state index contributed by atoms with van der Waals surface area (Å²) in [6, 6.07) is 11.2. The maximum Gasteiger partial charge on any atom is 0.254 e. The lowest BCUT2D eigenvalue weighted by Crippen LogP contribution is -2.45. The third-order valence-electron chi connectivity index (χ3n) is 4.59. The Bertz CT molecular complexity index is 819. The van der Waals surface area contributed by atoms with E-state index in [1.807, 2.05) is 55.9 Å². The lowest BCUT2D eigenvalue weighted by atomic mass is 10.1. The third kappa shape index (κ3) is 7.01. The minimum atomic E-state index is -0.140. The summed E-state index contributed by atoms with van der Waals surface area (Å²) in [5, 5.41) is 0. The minimum absolute atomic E-state index is 0.0393. The average molecular weight is 464 g/mol. The molecule has 0 aliphatic carbocycles. The molecule has 2 aromatic rings. The van der Waals surface area contributed by atoms with Crippen LogP contribution in [0.15, 0.2) is 47.1 Å². The Morgan fingerprint density at radius 2 is 1.93 bits per heavy atom. The van der Waals surface area contributed by atoms with Gasteiger partial charge >= 0.3 is 0 Å². The van der Waals surface area contributed by atoms with Crippen molar-refractivity contribution in [1.82, 2.24) is 14.4 Å². The molecule has 0 unspecified atom stereocenters. The van der Waals surface area contributed by atoms with Gasteiger partial charge in [0.05, 0.1) is 13.2 Å². The number of carbonyl (C=O) groups excluding carboxylic acids is 2. The number of hydrogen-bond acceptors (Lipinski definition) is 3. The van der Waals surface area contributed by atoms with Gasteiger partial charge in [-0.1, -0.05) is 35.8 Å². The number of rotatable bonds is 10. The lowest BCUT2D eigenvalue weighted by molar-refractivity contribution is -0.133. The average Bonchev–Trinajstić information content (AvgIpc) is 3.08.